The Kier molecular flexibility index (Phi) is 6.79. The van der Waals surface area contributed by atoms with E-state index in [0.717, 1.165) is 28.2 Å². The summed E-state index contributed by atoms with van der Waals surface area (Å²) in [6.45, 7) is 4.43. The molecule has 4 heterocycles. The largest absolute Gasteiger partial charge is 0.478 e. The molecule has 1 fully saturated rings. The maximum atomic E-state index is 12.8. The second kappa shape index (κ2) is 9.50. The van der Waals surface area contributed by atoms with E-state index in [-0.39, 0.29) is 11.6 Å². The van der Waals surface area contributed by atoms with Gasteiger partial charge >= 0.3 is 12.1 Å². The minimum atomic E-state index is -4.22. The van der Waals surface area contributed by atoms with Crippen molar-refractivity contribution in [3.05, 3.63) is 53.5 Å². The molecule has 10 heteroatoms. The summed E-state index contributed by atoms with van der Waals surface area (Å²) in [7, 11) is 3.81. The third kappa shape index (κ3) is 4.99. The van der Waals surface area contributed by atoms with Gasteiger partial charge in [-0.1, -0.05) is 0 Å². The smallest absolute Gasteiger partial charge is 0.401 e. The van der Waals surface area contributed by atoms with Gasteiger partial charge in [0.1, 0.15) is 5.82 Å². The van der Waals surface area contributed by atoms with Gasteiger partial charge in [0, 0.05) is 75.5 Å². The molecule has 3 aromatic rings. The standard InChI is InChI=1S/C25H30F3N5O2/c1-16-20(24(34)35)14-21-18(19-6-5-8-29-23(19)30(3)4)7-9-33(21)22(16)17(2)32-12-10-31(11-13-32)15-25(26,27)28/h5-9,14,17H,10-13,15H2,1-4H3,(H,34,35). The number of carboxylic acids is 1. The van der Waals surface area contributed by atoms with Gasteiger partial charge in [0.2, 0.25) is 0 Å². The van der Waals surface area contributed by atoms with Gasteiger partial charge in [0.15, 0.2) is 0 Å². The zero-order chi connectivity index (χ0) is 25.5. The van der Waals surface area contributed by atoms with Crippen molar-refractivity contribution >= 4 is 17.3 Å². The van der Waals surface area contributed by atoms with Crippen LogP contribution in [0.5, 0.6) is 0 Å². The number of pyridine rings is 2. The van der Waals surface area contributed by atoms with Crippen LogP contribution >= 0.6 is 0 Å². The molecule has 0 saturated carbocycles. The molecule has 0 bridgehead atoms. The van der Waals surface area contributed by atoms with Gasteiger partial charge in [-0.05, 0) is 43.7 Å². The molecule has 1 saturated heterocycles. The van der Waals surface area contributed by atoms with Crippen molar-refractivity contribution in [2.45, 2.75) is 26.1 Å². The fourth-order valence-electron chi connectivity index (χ4n) is 5.03. The molecule has 1 aliphatic heterocycles. The van der Waals surface area contributed by atoms with Crippen LogP contribution in [0.1, 0.15) is 34.6 Å². The highest BCUT2D eigenvalue weighted by Gasteiger charge is 2.34. The number of hydrogen-bond acceptors (Lipinski definition) is 5. The summed E-state index contributed by atoms with van der Waals surface area (Å²) in [6, 6.07) is 7.27. The van der Waals surface area contributed by atoms with Crippen molar-refractivity contribution in [1.82, 2.24) is 19.2 Å². The fraction of sp³-hybridized carbons (Fsp3) is 0.440. The summed E-state index contributed by atoms with van der Waals surface area (Å²) in [5, 5.41) is 9.97. The molecule has 3 aromatic heterocycles. The lowest BCUT2D eigenvalue weighted by molar-refractivity contribution is -0.149. The van der Waals surface area contributed by atoms with Crippen molar-refractivity contribution < 1.29 is 23.1 Å². The number of anilines is 1. The summed E-state index contributed by atoms with van der Waals surface area (Å²) in [6.07, 6.45) is -0.567. The van der Waals surface area contributed by atoms with Crippen molar-refractivity contribution in [1.29, 1.82) is 0 Å². The fourth-order valence-corrected chi connectivity index (χ4v) is 5.03. The van der Waals surface area contributed by atoms with E-state index >= 15 is 0 Å². The van der Waals surface area contributed by atoms with Gasteiger partial charge in [-0.2, -0.15) is 13.2 Å². The quantitative estimate of drug-likeness (QED) is 0.557. The van der Waals surface area contributed by atoms with E-state index in [9.17, 15) is 23.1 Å². The second-order valence-electron chi connectivity index (χ2n) is 9.23. The normalized spacial score (nSPS) is 16.5. The maximum absolute atomic E-state index is 12.8. The first-order chi connectivity index (χ1) is 16.5. The van der Waals surface area contributed by atoms with Crippen LogP contribution in [0.2, 0.25) is 0 Å². The van der Waals surface area contributed by atoms with E-state index in [1.807, 2.05) is 54.7 Å². The van der Waals surface area contributed by atoms with Crippen LogP contribution in [0.15, 0.2) is 36.7 Å². The molecule has 1 aliphatic rings. The first-order valence-corrected chi connectivity index (χ1v) is 11.5. The van der Waals surface area contributed by atoms with Crippen LogP contribution in [-0.2, 0) is 0 Å². The average molecular weight is 490 g/mol. The maximum Gasteiger partial charge on any atom is 0.401 e. The predicted molar refractivity (Wildman–Crippen MR) is 129 cm³/mol. The lowest BCUT2D eigenvalue weighted by atomic mass is 9.99. The molecule has 0 radical (unpaired) electrons. The highest BCUT2D eigenvalue weighted by atomic mass is 19.4. The van der Waals surface area contributed by atoms with Crippen molar-refractivity contribution in [3.63, 3.8) is 0 Å². The lowest BCUT2D eigenvalue weighted by Crippen LogP contribution is -2.49. The number of alkyl halides is 3. The van der Waals surface area contributed by atoms with E-state index in [1.54, 1.807) is 19.2 Å². The van der Waals surface area contributed by atoms with Crippen LogP contribution in [-0.4, -0.2) is 83.3 Å². The van der Waals surface area contributed by atoms with Crippen LogP contribution in [0.3, 0.4) is 0 Å². The number of rotatable bonds is 6. The predicted octanol–water partition coefficient (Wildman–Crippen LogP) is 4.31. The summed E-state index contributed by atoms with van der Waals surface area (Å²) in [4.78, 5) is 22.1. The first kappa shape index (κ1) is 25.0. The lowest BCUT2D eigenvalue weighted by Gasteiger charge is -2.39. The average Bonchev–Trinajstić information content (AvgIpc) is 3.20. The molecular weight excluding hydrogens is 459 g/mol. The van der Waals surface area contributed by atoms with E-state index in [1.165, 1.54) is 4.90 Å². The Labute approximate surface area is 202 Å². The summed E-state index contributed by atoms with van der Waals surface area (Å²) in [5.41, 5.74) is 4.20. The number of carbonyl (C=O) groups is 1. The number of piperazine rings is 1. The zero-order valence-electron chi connectivity index (χ0n) is 20.3. The molecule has 1 unspecified atom stereocenters. The minimum absolute atomic E-state index is 0.188. The molecule has 0 amide bonds. The number of aromatic carboxylic acids is 1. The number of aromatic nitrogens is 2. The zero-order valence-corrected chi connectivity index (χ0v) is 20.3. The van der Waals surface area contributed by atoms with Gasteiger partial charge in [0.05, 0.1) is 17.6 Å². The molecule has 1 N–H and O–H groups in total. The number of halogens is 3. The van der Waals surface area contributed by atoms with Gasteiger partial charge in [-0.25, -0.2) is 9.78 Å². The molecule has 188 valence electrons. The summed E-state index contributed by atoms with van der Waals surface area (Å²) in [5.74, 6) is -0.243. The highest BCUT2D eigenvalue weighted by Crippen LogP contribution is 2.36. The Morgan fingerprint density at radius 2 is 1.86 bits per heavy atom. The number of fused-ring (bicyclic) bond motifs is 1. The van der Waals surface area contributed by atoms with Crippen molar-refractivity contribution in [3.8, 4) is 11.1 Å². The molecular formula is C25H30F3N5O2. The second-order valence-corrected chi connectivity index (χ2v) is 9.23. The van der Waals surface area contributed by atoms with Crippen LogP contribution in [0, 0.1) is 6.92 Å². The third-order valence-electron chi connectivity index (χ3n) is 6.74. The van der Waals surface area contributed by atoms with Crippen LogP contribution in [0.4, 0.5) is 19.0 Å². The van der Waals surface area contributed by atoms with Gasteiger partial charge in [-0.3, -0.25) is 9.80 Å². The Morgan fingerprint density at radius 1 is 1.17 bits per heavy atom. The Morgan fingerprint density at radius 3 is 2.46 bits per heavy atom. The van der Waals surface area contributed by atoms with Gasteiger partial charge in [0.25, 0.3) is 0 Å². The van der Waals surface area contributed by atoms with Gasteiger partial charge < -0.3 is 14.4 Å². The molecule has 7 nitrogen and oxygen atoms in total. The van der Waals surface area contributed by atoms with E-state index in [4.69, 9.17) is 0 Å². The Bertz CT molecular complexity index is 1230. The van der Waals surface area contributed by atoms with Crippen molar-refractivity contribution in [2.24, 2.45) is 0 Å². The van der Waals surface area contributed by atoms with Gasteiger partial charge in [-0.15, -0.1) is 0 Å². The topological polar surface area (TPSA) is 64.3 Å². The summed E-state index contributed by atoms with van der Waals surface area (Å²) < 4.78 is 40.4. The molecule has 4 rings (SSSR count). The molecule has 0 aromatic carbocycles. The first-order valence-electron chi connectivity index (χ1n) is 11.5. The number of hydrogen-bond donors (Lipinski definition) is 1. The SMILES string of the molecule is Cc1c(C(=O)O)cc2c(-c3cccnc3N(C)C)ccn2c1C(C)N1CCN(CC(F)(F)F)CC1. The van der Waals surface area contributed by atoms with E-state index in [2.05, 4.69) is 9.88 Å². The van der Waals surface area contributed by atoms with Crippen LogP contribution in [0.25, 0.3) is 16.6 Å². The third-order valence-corrected chi connectivity index (χ3v) is 6.74. The molecule has 0 aliphatic carbocycles. The molecule has 0 spiro atoms. The monoisotopic (exact) mass is 489 g/mol. The van der Waals surface area contributed by atoms with Crippen LogP contribution < -0.4 is 4.90 Å². The Hall–Kier alpha value is -3.11. The minimum Gasteiger partial charge on any atom is -0.478 e. The highest BCUT2D eigenvalue weighted by molar-refractivity contribution is 5.95. The van der Waals surface area contributed by atoms with E-state index < -0.39 is 18.7 Å². The Balaban J connectivity index is 1.76. The number of carboxylic acid groups (broad SMARTS) is 1. The molecule has 35 heavy (non-hydrogen) atoms. The summed E-state index contributed by atoms with van der Waals surface area (Å²) >= 11 is 0. The number of nitrogens with zero attached hydrogens (tertiary/aromatic N) is 5. The molecule has 1 atom stereocenters. The van der Waals surface area contributed by atoms with Crippen molar-refractivity contribution in [2.75, 3.05) is 51.7 Å². The van der Waals surface area contributed by atoms with E-state index in [0.29, 0.717) is 31.7 Å².